The van der Waals surface area contributed by atoms with Gasteiger partial charge in [0.25, 0.3) is 0 Å². The van der Waals surface area contributed by atoms with Crippen molar-refractivity contribution in [1.82, 2.24) is 0 Å². The average molecular weight is 897 g/mol. The number of benzene rings is 12. The number of ether oxygens (including phenoxy) is 2. The van der Waals surface area contributed by atoms with E-state index in [1.54, 1.807) is 14.2 Å². The minimum absolute atomic E-state index is 0.812. The Morgan fingerprint density at radius 3 is 0.729 bits per heavy atom. The molecule has 332 valence electrons. The summed E-state index contributed by atoms with van der Waals surface area (Å²) in [4.78, 5) is 0. The number of hydrogen-bond acceptors (Lipinski definition) is 2. The molecule has 0 aliphatic heterocycles. The molecule has 0 bridgehead atoms. The van der Waals surface area contributed by atoms with Crippen molar-refractivity contribution in [3.8, 4) is 101 Å². The predicted molar refractivity (Wildman–Crippen MR) is 296 cm³/mol. The Hall–Kier alpha value is -8.98. The van der Waals surface area contributed by atoms with Crippen LogP contribution in [0.25, 0.3) is 121 Å². The van der Waals surface area contributed by atoms with Crippen LogP contribution in [0, 0.1) is 0 Å². The highest BCUT2D eigenvalue weighted by molar-refractivity contribution is 6.34. The average Bonchev–Trinajstić information content (AvgIpc) is 3.45. The molecular weight excluding hydrogens is 849 g/mol. The molecule has 0 heterocycles. The van der Waals surface area contributed by atoms with Gasteiger partial charge in [0.15, 0.2) is 0 Å². The van der Waals surface area contributed by atoms with Gasteiger partial charge in [-0.2, -0.15) is 0 Å². The summed E-state index contributed by atoms with van der Waals surface area (Å²) in [5.41, 5.74) is 18.6. The summed E-state index contributed by atoms with van der Waals surface area (Å²) in [5, 5.41) is 7.05. The molecule has 0 radical (unpaired) electrons. The summed E-state index contributed by atoms with van der Waals surface area (Å²) < 4.78 is 11.6. The van der Waals surface area contributed by atoms with Crippen LogP contribution in [0.15, 0.2) is 255 Å². The maximum atomic E-state index is 5.81. The fourth-order valence-corrected chi connectivity index (χ4v) is 10.5. The Kier molecular flexibility index (Phi) is 11.1. The summed E-state index contributed by atoms with van der Waals surface area (Å²) >= 11 is 0. The van der Waals surface area contributed by atoms with Gasteiger partial charge in [-0.3, -0.25) is 0 Å². The van der Waals surface area contributed by atoms with Crippen LogP contribution in [-0.4, -0.2) is 14.2 Å². The predicted octanol–water partition coefficient (Wildman–Crippen LogP) is 18.5. The van der Waals surface area contributed by atoms with Gasteiger partial charge in [0.05, 0.1) is 14.2 Å². The van der Waals surface area contributed by atoms with Gasteiger partial charge in [-0.05, 0) is 158 Å². The second-order valence-electron chi connectivity index (χ2n) is 17.8. The highest BCUT2D eigenvalue weighted by Gasteiger charge is 2.27. The molecule has 2 nitrogen and oxygen atoms in total. The smallest absolute Gasteiger partial charge is 0.118 e. The van der Waals surface area contributed by atoms with E-state index in [2.05, 4.69) is 255 Å². The van der Waals surface area contributed by atoms with Crippen molar-refractivity contribution in [3.63, 3.8) is 0 Å². The molecule has 0 amide bonds. The molecule has 0 N–H and O–H groups in total. The van der Waals surface area contributed by atoms with Crippen LogP contribution in [0.5, 0.6) is 11.5 Å². The number of methoxy groups -OCH3 is 2. The molecule has 70 heavy (non-hydrogen) atoms. The van der Waals surface area contributed by atoms with Crippen molar-refractivity contribution in [3.05, 3.63) is 255 Å². The second-order valence-corrected chi connectivity index (χ2v) is 17.8. The molecule has 2 heteroatoms. The van der Waals surface area contributed by atoms with Gasteiger partial charge in [0.2, 0.25) is 0 Å². The number of fused-ring (bicyclic) bond motifs is 3. The largest absolute Gasteiger partial charge is 0.497 e. The summed E-state index contributed by atoms with van der Waals surface area (Å²) in [6.07, 6.45) is 0. The maximum Gasteiger partial charge on any atom is 0.118 e. The maximum absolute atomic E-state index is 5.81. The number of hydrogen-bond donors (Lipinski definition) is 0. The van der Waals surface area contributed by atoms with Gasteiger partial charge in [-0.1, -0.05) is 218 Å². The third-order valence-electron chi connectivity index (χ3n) is 13.9. The van der Waals surface area contributed by atoms with Crippen LogP contribution in [-0.2, 0) is 0 Å². The molecule has 0 saturated carbocycles. The van der Waals surface area contributed by atoms with Crippen LogP contribution in [0.2, 0.25) is 0 Å². The first-order chi connectivity index (χ1) is 34.6. The zero-order valence-corrected chi connectivity index (χ0v) is 39.1. The Morgan fingerprint density at radius 2 is 0.429 bits per heavy atom. The topological polar surface area (TPSA) is 18.5 Å². The standard InChI is InChI=1S/C68H48O2/c1-69-57-37-31-53(32-38-57)65-61-43-55(47-19-11-5-12-20-47)35-41-59(61)64(52-29-25-50(26-30-52)46-17-9-4-10-18-46)68-66(54-33-39-58(70-2)40-34-54)62-44-56(48-21-13-6-14-22-48)36-42-60(62)63(67(65)68)51-27-23-49(24-28-51)45-15-7-3-8-16-45/h3-44H,1-2H3. The molecule has 12 rings (SSSR count). The third kappa shape index (κ3) is 7.66. The highest BCUT2D eigenvalue weighted by Crippen LogP contribution is 2.55. The van der Waals surface area contributed by atoms with Crippen molar-refractivity contribution in [2.24, 2.45) is 0 Å². The Morgan fingerprint density at radius 1 is 0.200 bits per heavy atom. The van der Waals surface area contributed by atoms with Crippen molar-refractivity contribution >= 4 is 32.3 Å². The van der Waals surface area contributed by atoms with E-state index in [-0.39, 0.29) is 0 Å². The minimum Gasteiger partial charge on any atom is -0.497 e. The van der Waals surface area contributed by atoms with Crippen molar-refractivity contribution < 1.29 is 9.47 Å². The third-order valence-corrected chi connectivity index (χ3v) is 13.9. The van der Waals surface area contributed by atoms with E-state index in [0.717, 1.165) is 44.9 Å². The first-order valence-corrected chi connectivity index (χ1v) is 23.9. The molecule has 12 aromatic carbocycles. The van der Waals surface area contributed by atoms with Crippen LogP contribution in [0.4, 0.5) is 0 Å². The minimum atomic E-state index is 0.812. The lowest BCUT2D eigenvalue weighted by Gasteiger charge is -2.26. The molecule has 0 saturated heterocycles. The van der Waals surface area contributed by atoms with Crippen LogP contribution in [0.1, 0.15) is 0 Å². The monoisotopic (exact) mass is 896 g/mol. The molecule has 12 aromatic rings. The number of rotatable bonds is 10. The molecule has 0 atom stereocenters. The SMILES string of the molecule is COc1ccc(-c2c3cc(-c4ccccc4)ccc3c(-c3ccc(-c4ccccc4)cc3)c3c(-c4ccc(OC)cc4)c4cc(-c5ccccc5)ccc4c(-c4ccc(-c5ccccc5)cc4)c23)cc1. The molecule has 0 spiro atoms. The van der Waals surface area contributed by atoms with Crippen molar-refractivity contribution in [2.75, 3.05) is 14.2 Å². The van der Waals surface area contributed by atoms with Crippen LogP contribution in [0.3, 0.4) is 0 Å². The van der Waals surface area contributed by atoms with E-state index in [1.807, 2.05) is 0 Å². The van der Waals surface area contributed by atoms with Gasteiger partial charge in [0.1, 0.15) is 11.5 Å². The first kappa shape index (κ1) is 42.4. The van der Waals surface area contributed by atoms with E-state index in [0.29, 0.717) is 0 Å². The van der Waals surface area contributed by atoms with Gasteiger partial charge in [-0.15, -0.1) is 0 Å². The summed E-state index contributed by atoms with van der Waals surface area (Å²) in [7, 11) is 3.47. The fourth-order valence-electron chi connectivity index (χ4n) is 10.5. The first-order valence-electron chi connectivity index (χ1n) is 23.9. The second kappa shape index (κ2) is 18.3. The highest BCUT2D eigenvalue weighted by atomic mass is 16.5. The van der Waals surface area contributed by atoms with E-state index in [1.165, 1.54) is 88.0 Å². The van der Waals surface area contributed by atoms with E-state index in [4.69, 9.17) is 9.47 Å². The lowest BCUT2D eigenvalue weighted by atomic mass is 9.76. The van der Waals surface area contributed by atoms with E-state index in [9.17, 15) is 0 Å². The molecule has 0 fully saturated rings. The normalized spacial score (nSPS) is 11.3. The summed E-state index contributed by atoms with van der Waals surface area (Å²) in [6.45, 7) is 0. The Bertz CT molecular complexity index is 3550. The summed E-state index contributed by atoms with van der Waals surface area (Å²) in [6, 6.07) is 92.7. The van der Waals surface area contributed by atoms with E-state index >= 15 is 0 Å². The molecule has 0 aliphatic rings. The molecule has 0 aliphatic carbocycles. The fraction of sp³-hybridized carbons (Fsp3) is 0.0294. The molecule has 0 unspecified atom stereocenters. The zero-order valence-electron chi connectivity index (χ0n) is 39.1. The van der Waals surface area contributed by atoms with Gasteiger partial charge in [0, 0.05) is 0 Å². The van der Waals surface area contributed by atoms with Gasteiger partial charge in [-0.25, -0.2) is 0 Å². The molecular formula is C68H48O2. The summed E-state index contributed by atoms with van der Waals surface area (Å²) in [5.74, 6) is 1.62. The Labute approximate surface area is 409 Å². The van der Waals surface area contributed by atoms with Crippen LogP contribution >= 0.6 is 0 Å². The van der Waals surface area contributed by atoms with Gasteiger partial charge >= 0.3 is 0 Å². The van der Waals surface area contributed by atoms with Gasteiger partial charge < -0.3 is 9.47 Å². The molecule has 0 aromatic heterocycles. The quantitative estimate of drug-likeness (QED) is 0.127. The van der Waals surface area contributed by atoms with Crippen LogP contribution < -0.4 is 9.47 Å². The van der Waals surface area contributed by atoms with Crippen molar-refractivity contribution in [1.29, 1.82) is 0 Å². The van der Waals surface area contributed by atoms with E-state index < -0.39 is 0 Å². The lowest BCUT2D eigenvalue weighted by molar-refractivity contribution is 0.415. The lowest BCUT2D eigenvalue weighted by Crippen LogP contribution is -1.99. The zero-order chi connectivity index (χ0) is 47.0. The van der Waals surface area contributed by atoms with Crippen molar-refractivity contribution in [2.45, 2.75) is 0 Å². The Balaban J connectivity index is 1.32.